The molecule has 0 unspecified atom stereocenters. The van der Waals surface area contributed by atoms with Crippen LogP contribution in [-0.2, 0) is 0 Å². The van der Waals surface area contributed by atoms with Crippen LogP contribution < -0.4 is 15.0 Å². The van der Waals surface area contributed by atoms with Crippen LogP contribution in [0.25, 0.3) is 16.5 Å². The number of hydrogen-bond acceptors (Lipinski definition) is 4. The molecule has 1 aromatic heterocycles. The lowest BCUT2D eigenvalue weighted by atomic mass is 10.1. The van der Waals surface area contributed by atoms with Gasteiger partial charge in [0.25, 0.3) is 5.56 Å². The molecule has 2 aromatic carbocycles. The molecule has 0 amide bonds. The van der Waals surface area contributed by atoms with Gasteiger partial charge < -0.3 is 9.47 Å². The molecule has 22 heavy (non-hydrogen) atoms. The van der Waals surface area contributed by atoms with Gasteiger partial charge in [-0.15, -0.1) is 0 Å². The fourth-order valence-electron chi connectivity index (χ4n) is 2.55. The zero-order valence-electron chi connectivity index (χ0n) is 12.7. The minimum absolute atomic E-state index is 0.234. The van der Waals surface area contributed by atoms with E-state index in [9.17, 15) is 4.79 Å². The van der Waals surface area contributed by atoms with Gasteiger partial charge in [0.1, 0.15) is 17.2 Å². The van der Waals surface area contributed by atoms with Crippen molar-refractivity contribution in [3.63, 3.8) is 0 Å². The summed E-state index contributed by atoms with van der Waals surface area (Å²) in [6.45, 7) is 1.91. The number of hydrogen-bond donors (Lipinski definition) is 0. The van der Waals surface area contributed by atoms with Crippen LogP contribution in [0.15, 0.2) is 47.4 Å². The lowest BCUT2D eigenvalue weighted by Gasteiger charge is -2.12. The van der Waals surface area contributed by atoms with Crippen LogP contribution in [0.1, 0.15) is 5.56 Å². The summed E-state index contributed by atoms with van der Waals surface area (Å²) >= 11 is 0. The van der Waals surface area contributed by atoms with Gasteiger partial charge in [0.05, 0.1) is 25.8 Å². The smallest absolute Gasteiger partial charge is 0.283 e. The van der Waals surface area contributed by atoms with Crippen molar-refractivity contribution in [2.45, 2.75) is 6.92 Å². The number of aryl methyl sites for hydroxylation is 1. The predicted octanol–water partition coefficient (Wildman–Crippen LogP) is 2.71. The highest BCUT2D eigenvalue weighted by atomic mass is 16.5. The highest BCUT2D eigenvalue weighted by molar-refractivity contribution is 5.88. The summed E-state index contributed by atoms with van der Waals surface area (Å²) in [6, 6.07) is 11.1. The number of ether oxygens (including phenoxy) is 2. The lowest BCUT2D eigenvalue weighted by molar-refractivity contribution is 0.410. The van der Waals surface area contributed by atoms with Gasteiger partial charge in [-0.1, -0.05) is 24.3 Å². The molecule has 0 fully saturated rings. The molecule has 0 saturated carbocycles. The highest BCUT2D eigenvalue weighted by Crippen LogP contribution is 2.27. The minimum atomic E-state index is -0.234. The number of nitrogens with zero attached hydrogens (tertiary/aromatic N) is 2. The molecule has 0 aliphatic carbocycles. The second-order valence-corrected chi connectivity index (χ2v) is 4.91. The third-order valence-corrected chi connectivity index (χ3v) is 3.62. The average molecular weight is 296 g/mol. The second kappa shape index (κ2) is 5.52. The maximum Gasteiger partial charge on any atom is 0.283 e. The second-order valence-electron chi connectivity index (χ2n) is 4.91. The van der Waals surface area contributed by atoms with Crippen LogP contribution in [-0.4, -0.2) is 24.0 Å². The molecule has 3 rings (SSSR count). The van der Waals surface area contributed by atoms with Crippen LogP contribution in [0.5, 0.6) is 11.5 Å². The quantitative estimate of drug-likeness (QED) is 0.745. The third-order valence-electron chi connectivity index (χ3n) is 3.62. The van der Waals surface area contributed by atoms with Gasteiger partial charge in [-0.3, -0.25) is 4.79 Å². The van der Waals surface area contributed by atoms with E-state index in [2.05, 4.69) is 5.10 Å². The largest absolute Gasteiger partial charge is 0.496 e. The Balaban J connectivity index is 2.38. The Labute approximate surface area is 127 Å². The van der Waals surface area contributed by atoms with Crippen LogP contribution >= 0.6 is 0 Å². The van der Waals surface area contributed by atoms with E-state index in [1.54, 1.807) is 32.5 Å². The van der Waals surface area contributed by atoms with Gasteiger partial charge in [-0.2, -0.15) is 9.78 Å². The highest BCUT2D eigenvalue weighted by Gasteiger charge is 2.14. The van der Waals surface area contributed by atoms with Crippen molar-refractivity contribution < 1.29 is 9.47 Å². The number of fused-ring (bicyclic) bond motifs is 1. The first-order valence-corrected chi connectivity index (χ1v) is 6.86. The Morgan fingerprint density at radius 1 is 1.05 bits per heavy atom. The molecule has 0 radical (unpaired) electrons. The predicted molar refractivity (Wildman–Crippen MR) is 85.2 cm³/mol. The van der Waals surface area contributed by atoms with Crippen molar-refractivity contribution in [1.82, 2.24) is 9.78 Å². The van der Waals surface area contributed by atoms with Crippen molar-refractivity contribution in [3.8, 4) is 17.2 Å². The molecule has 5 nitrogen and oxygen atoms in total. The molecule has 1 heterocycles. The lowest BCUT2D eigenvalue weighted by Crippen LogP contribution is -2.22. The number of benzene rings is 2. The normalized spacial score (nSPS) is 10.7. The monoisotopic (exact) mass is 296 g/mol. The van der Waals surface area contributed by atoms with Crippen molar-refractivity contribution in [2.75, 3.05) is 14.2 Å². The molecule has 0 atom stereocenters. The summed E-state index contributed by atoms with van der Waals surface area (Å²) in [6.07, 6.45) is 1.66. The standard InChI is InChI=1S/C17H16N2O3/c1-11-8-9-12-10-18-19(17(20)15(12)16(11)22-3)13-6-4-5-7-14(13)21-2/h4-10H,1-3H3. The van der Waals surface area contributed by atoms with Crippen molar-refractivity contribution in [2.24, 2.45) is 0 Å². The zero-order chi connectivity index (χ0) is 15.7. The van der Waals surface area contributed by atoms with Gasteiger partial charge in [0.2, 0.25) is 0 Å². The van der Waals surface area contributed by atoms with Crippen molar-refractivity contribution in [1.29, 1.82) is 0 Å². The van der Waals surface area contributed by atoms with Crippen molar-refractivity contribution >= 4 is 10.8 Å². The molecule has 0 saturated heterocycles. The van der Waals surface area contributed by atoms with Crippen molar-refractivity contribution in [3.05, 3.63) is 58.5 Å². The summed E-state index contributed by atoms with van der Waals surface area (Å²) in [7, 11) is 3.13. The van der Waals surface area contributed by atoms with Crippen LogP contribution in [0.3, 0.4) is 0 Å². The Morgan fingerprint density at radius 2 is 1.82 bits per heavy atom. The molecule has 0 N–H and O–H groups in total. The summed E-state index contributed by atoms with van der Waals surface area (Å²) in [5, 5.41) is 5.52. The maximum atomic E-state index is 12.9. The minimum Gasteiger partial charge on any atom is -0.496 e. The molecule has 0 aliphatic rings. The molecular formula is C17H16N2O3. The number of para-hydroxylation sites is 2. The molecule has 0 spiro atoms. The Kier molecular flexibility index (Phi) is 3.55. The van der Waals surface area contributed by atoms with Crippen LogP contribution in [0.4, 0.5) is 0 Å². The fourth-order valence-corrected chi connectivity index (χ4v) is 2.55. The van der Waals surface area contributed by atoms with Gasteiger partial charge in [-0.25, -0.2) is 0 Å². The van der Waals surface area contributed by atoms with E-state index in [-0.39, 0.29) is 5.56 Å². The van der Waals surface area contributed by atoms with E-state index in [1.165, 1.54) is 4.68 Å². The average Bonchev–Trinajstić information content (AvgIpc) is 2.55. The van der Waals surface area contributed by atoms with E-state index in [1.807, 2.05) is 31.2 Å². The number of aromatic nitrogens is 2. The molecular weight excluding hydrogens is 280 g/mol. The molecule has 112 valence electrons. The summed E-state index contributed by atoms with van der Waals surface area (Å²) in [5.41, 5.74) is 1.27. The van der Waals surface area contributed by atoms with Crippen LogP contribution in [0, 0.1) is 6.92 Å². The summed E-state index contributed by atoms with van der Waals surface area (Å²) < 4.78 is 12.1. The molecule has 0 aliphatic heterocycles. The molecule has 3 aromatic rings. The first-order valence-electron chi connectivity index (χ1n) is 6.86. The fraction of sp³-hybridized carbons (Fsp3) is 0.176. The summed E-state index contributed by atoms with van der Waals surface area (Å²) in [5.74, 6) is 1.16. The van der Waals surface area contributed by atoms with E-state index >= 15 is 0 Å². The van der Waals surface area contributed by atoms with E-state index < -0.39 is 0 Å². The Hall–Kier alpha value is -2.82. The SMILES string of the molecule is COc1ccccc1-n1ncc2ccc(C)c(OC)c2c1=O. The molecule has 5 heteroatoms. The van der Waals surface area contributed by atoms with E-state index in [4.69, 9.17) is 9.47 Å². The zero-order valence-corrected chi connectivity index (χ0v) is 12.7. The first kappa shape index (κ1) is 14.1. The topological polar surface area (TPSA) is 53.4 Å². The van der Waals surface area contributed by atoms with Gasteiger partial charge in [0.15, 0.2) is 0 Å². The van der Waals surface area contributed by atoms with Gasteiger partial charge >= 0.3 is 0 Å². The Morgan fingerprint density at radius 3 is 2.55 bits per heavy atom. The number of rotatable bonds is 3. The van der Waals surface area contributed by atoms with E-state index in [0.29, 0.717) is 22.6 Å². The molecule has 0 bridgehead atoms. The third kappa shape index (κ3) is 2.11. The van der Waals surface area contributed by atoms with Crippen LogP contribution in [0.2, 0.25) is 0 Å². The van der Waals surface area contributed by atoms with Gasteiger partial charge in [-0.05, 0) is 24.6 Å². The number of methoxy groups -OCH3 is 2. The summed E-state index contributed by atoms with van der Waals surface area (Å²) in [4.78, 5) is 12.9. The van der Waals surface area contributed by atoms with E-state index in [0.717, 1.165) is 10.9 Å². The first-order chi connectivity index (χ1) is 10.7. The van der Waals surface area contributed by atoms with Gasteiger partial charge in [0, 0.05) is 5.39 Å². The maximum absolute atomic E-state index is 12.9. The Bertz CT molecular complexity index is 900.